The summed E-state index contributed by atoms with van der Waals surface area (Å²) in [5, 5.41) is 12.2. The normalized spacial score (nSPS) is 10.9. The van der Waals surface area contributed by atoms with Crippen LogP contribution in [0.2, 0.25) is 0 Å². The molecule has 30 heavy (non-hydrogen) atoms. The van der Waals surface area contributed by atoms with Gasteiger partial charge in [0.2, 0.25) is 0 Å². The van der Waals surface area contributed by atoms with Gasteiger partial charge < -0.3 is 10.1 Å². The fraction of sp³-hybridized carbons (Fsp3) is 0.0833. The molecule has 3 rings (SSSR count). The molecule has 0 radical (unpaired) electrons. The maximum atomic E-state index is 12.5. The van der Waals surface area contributed by atoms with Crippen LogP contribution in [-0.2, 0) is 11.2 Å². The van der Waals surface area contributed by atoms with E-state index in [1.807, 2.05) is 42.5 Å². The van der Waals surface area contributed by atoms with Crippen LogP contribution in [0.1, 0.15) is 16.7 Å². The van der Waals surface area contributed by atoms with Crippen molar-refractivity contribution in [2.45, 2.75) is 6.42 Å². The van der Waals surface area contributed by atoms with Crippen LogP contribution in [-0.4, -0.2) is 13.0 Å². The molecule has 0 aliphatic heterocycles. The Morgan fingerprint density at radius 2 is 1.73 bits per heavy atom. The summed E-state index contributed by atoms with van der Waals surface area (Å²) in [6.07, 6.45) is 2.33. The lowest BCUT2D eigenvalue weighted by Crippen LogP contribution is -2.13. The van der Waals surface area contributed by atoms with Gasteiger partial charge in [0.15, 0.2) is 0 Å². The third kappa shape index (κ3) is 5.59. The van der Waals surface area contributed by atoms with Gasteiger partial charge >= 0.3 is 0 Å². The summed E-state index contributed by atoms with van der Waals surface area (Å²) in [5.41, 5.74) is 3.67. The molecule has 0 bridgehead atoms. The Labute approximate surface area is 192 Å². The van der Waals surface area contributed by atoms with Crippen molar-refractivity contribution >= 4 is 49.5 Å². The zero-order valence-electron chi connectivity index (χ0n) is 16.2. The number of nitriles is 1. The number of carbonyl (C=O) groups excluding carboxylic acids is 1. The summed E-state index contributed by atoms with van der Waals surface area (Å²) >= 11 is 7.18. The fourth-order valence-electron chi connectivity index (χ4n) is 2.83. The molecule has 0 aromatic heterocycles. The van der Waals surface area contributed by atoms with Crippen molar-refractivity contribution in [2.75, 3.05) is 12.4 Å². The lowest BCUT2D eigenvalue weighted by Gasteiger charge is -2.08. The van der Waals surface area contributed by atoms with Crippen LogP contribution < -0.4 is 10.1 Å². The largest absolute Gasteiger partial charge is 0.497 e. The van der Waals surface area contributed by atoms with Gasteiger partial charge in [-0.1, -0.05) is 62.2 Å². The molecule has 0 aliphatic carbocycles. The summed E-state index contributed by atoms with van der Waals surface area (Å²) in [4.78, 5) is 12.5. The highest BCUT2D eigenvalue weighted by Crippen LogP contribution is 2.26. The minimum atomic E-state index is -0.462. The highest BCUT2D eigenvalue weighted by Gasteiger charge is 2.11. The molecule has 0 atom stereocenters. The van der Waals surface area contributed by atoms with Gasteiger partial charge in [-0.05, 0) is 65.6 Å². The van der Waals surface area contributed by atoms with Gasteiger partial charge in [0.1, 0.15) is 17.4 Å². The summed E-state index contributed by atoms with van der Waals surface area (Å²) in [6, 6.07) is 22.8. The highest BCUT2D eigenvalue weighted by atomic mass is 79.9. The molecule has 1 amide bonds. The number of benzene rings is 3. The van der Waals surface area contributed by atoms with Crippen molar-refractivity contribution in [2.24, 2.45) is 0 Å². The van der Waals surface area contributed by atoms with Crippen molar-refractivity contribution in [3.05, 3.63) is 97.9 Å². The summed E-state index contributed by atoms with van der Waals surface area (Å²) in [7, 11) is 1.58. The molecule has 3 aromatic carbocycles. The predicted molar refractivity (Wildman–Crippen MR) is 126 cm³/mol. The number of halogens is 2. The first-order valence-electron chi connectivity index (χ1n) is 9.09. The molecule has 1 N–H and O–H groups in total. The lowest BCUT2D eigenvalue weighted by molar-refractivity contribution is -0.112. The Morgan fingerprint density at radius 1 is 1.03 bits per heavy atom. The van der Waals surface area contributed by atoms with E-state index in [2.05, 4.69) is 43.2 Å². The van der Waals surface area contributed by atoms with Gasteiger partial charge in [0.05, 0.1) is 7.11 Å². The van der Waals surface area contributed by atoms with Crippen LogP contribution in [0.15, 0.2) is 81.2 Å². The van der Waals surface area contributed by atoms with E-state index < -0.39 is 5.91 Å². The quantitative estimate of drug-likeness (QED) is 0.301. The SMILES string of the molecule is COc1ccc(NC(=O)/C(C#N)=C/c2ccc(Cc3ccccc3Br)c(Br)c2)cc1. The molecule has 4 nitrogen and oxygen atoms in total. The number of carbonyl (C=O) groups is 1. The molecule has 6 heteroatoms. The number of amides is 1. The van der Waals surface area contributed by atoms with E-state index in [0.717, 1.165) is 26.5 Å². The van der Waals surface area contributed by atoms with Crippen molar-refractivity contribution in [1.82, 2.24) is 0 Å². The molecule has 0 saturated heterocycles. The van der Waals surface area contributed by atoms with Crippen LogP contribution in [0.3, 0.4) is 0 Å². The van der Waals surface area contributed by atoms with E-state index in [0.29, 0.717) is 11.4 Å². The molecule has 150 valence electrons. The summed E-state index contributed by atoms with van der Waals surface area (Å²) in [5.74, 6) is 0.229. The summed E-state index contributed by atoms with van der Waals surface area (Å²) in [6.45, 7) is 0. The number of ether oxygens (including phenoxy) is 1. The van der Waals surface area contributed by atoms with Crippen molar-refractivity contribution in [1.29, 1.82) is 5.26 Å². The minimum Gasteiger partial charge on any atom is -0.497 e. The van der Waals surface area contributed by atoms with E-state index in [-0.39, 0.29) is 5.57 Å². The van der Waals surface area contributed by atoms with Gasteiger partial charge in [-0.15, -0.1) is 0 Å². The fourth-order valence-corrected chi connectivity index (χ4v) is 3.79. The first kappa shape index (κ1) is 21.8. The Hall–Kier alpha value is -2.88. The maximum Gasteiger partial charge on any atom is 0.266 e. The monoisotopic (exact) mass is 524 g/mol. The molecule has 0 heterocycles. The first-order valence-corrected chi connectivity index (χ1v) is 10.7. The minimum absolute atomic E-state index is 0.0243. The molecular weight excluding hydrogens is 508 g/mol. The second kappa shape index (κ2) is 10.2. The van der Waals surface area contributed by atoms with Gasteiger partial charge in [-0.3, -0.25) is 4.79 Å². The topological polar surface area (TPSA) is 62.1 Å². The van der Waals surface area contributed by atoms with Crippen LogP contribution in [0.25, 0.3) is 6.08 Å². The summed E-state index contributed by atoms with van der Waals surface area (Å²) < 4.78 is 7.08. The number of nitrogens with zero attached hydrogens (tertiary/aromatic N) is 1. The first-order chi connectivity index (χ1) is 14.5. The van der Waals surface area contributed by atoms with E-state index in [9.17, 15) is 10.1 Å². The number of anilines is 1. The molecular formula is C24H18Br2N2O2. The van der Waals surface area contributed by atoms with Crippen molar-refractivity contribution < 1.29 is 9.53 Å². The molecule has 3 aromatic rings. The Morgan fingerprint density at radius 3 is 2.37 bits per heavy atom. The standard InChI is InChI=1S/C24H18Br2N2O2/c1-30-21-10-8-20(9-11-21)28-24(29)19(15-27)12-16-6-7-18(23(26)13-16)14-17-4-2-3-5-22(17)25/h2-13H,14H2,1H3,(H,28,29)/b19-12+. The number of nitrogens with one attached hydrogen (secondary N) is 1. The van der Waals surface area contributed by atoms with Gasteiger partial charge in [-0.25, -0.2) is 0 Å². The third-order valence-electron chi connectivity index (χ3n) is 4.44. The molecule has 0 spiro atoms. The average Bonchev–Trinajstić information content (AvgIpc) is 2.75. The van der Waals surface area contributed by atoms with Gasteiger partial charge in [0, 0.05) is 14.6 Å². The molecule has 0 unspecified atom stereocenters. The maximum absolute atomic E-state index is 12.5. The average molecular weight is 526 g/mol. The Balaban J connectivity index is 1.76. The van der Waals surface area contributed by atoms with Crippen LogP contribution in [0.4, 0.5) is 5.69 Å². The van der Waals surface area contributed by atoms with E-state index in [1.165, 1.54) is 5.56 Å². The third-order valence-corrected chi connectivity index (χ3v) is 5.95. The van der Waals surface area contributed by atoms with E-state index in [1.54, 1.807) is 37.5 Å². The van der Waals surface area contributed by atoms with E-state index in [4.69, 9.17) is 4.74 Å². The molecule has 0 aliphatic rings. The lowest BCUT2D eigenvalue weighted by atomic mass is 10.0. The number of methoxy groups -OCH3 is 1. The predicted octanol–water partition coefficient (Wildman–Crippen LogP) is 6.36. The van der Waals surface area contributed by atoms with Gasteiger partial charge in [-0.2, -0.15) is 5.26 Å². The molecule has 0 saturated carbocycles. The van der Waals surface area contributed by atoms with E-state index >= 15 is 0 Å². The van der Waals surface area contributed by atoms with Crippen LogP contribution in [0, 0.1) is 11.3 Å². The Bertz CT molecular complexity index is 1130. The number of hydrogen-bond donors (Lipinski definition) is 1. The number of rotatable bonds is 6. The van der Waals surface area contributed by atoms with Gasteiger partial charge in [0.25, 0.3) is 5.91 Å². The van der Waals surface area contributed by atoms with Crippen LogP contribution in [0.5, 0.6) is 5.75 Å². The molecule has 0 fully saturated rings. The second-order valence-electron chi connectivity index (χ2n) is 6.47. The zero-order valence-corrected chi connectivity index (χ0v) is 19.3. The van der Waals surface area contributed by atoms with Crippen molar-refractivity contribution in [3.63, 3.8) is 0 Å². The van der Waals surface area contributed by atoms with Crippen molar-refractivity contribution in [3.8, 4) is 11.8 Å². The number of hydrogen-bond acceptors (Lipinski definition) is 3. The Kier molecular flexibility index (Phi) is 7.45. The smallest absolute Gasteiger partial charge is 0.266 e. The highest BCUT2D eigenvalue weighted by molar-refractivity contribution is 9.10. The zero-order chi connectivity index (χ0) is 21.5. The van der Waals surface area contributed by atoms with Crippen LogP contribution >= 0.6 is 31.9 Å². The second-order valence-corrected chi connectivity index (χ2v) is 8.18.